The Morgan fingerprint density at radius 1 is 1.07 bits per heavy atom. The maximum Gasteiger partial charge on any atom is 0.265 e. The second-order valence-corrected chi connectivity index (χ2v) is 6.91. The van der Waals surface area contributed by atoms with E-state index >= 15 is 0 Å². The lowest BCUT2D eigenvalue weighted by Crippen LogP contribution is -2.34. The molecule has 0 fully saturated rings. The molecule has 2 unspecified atom stereocenters. The first-order valence-corrected chi connectivity index (χ1v) is 9.40. The minimum Gasteiger partial charge on any atom is -0.479 e. The van der Waals surface area contributed by atoms with Crippen molar-refractivity contribution in [3.8, 4) is 5.75 Å². The van der Waals surface area contributed by atoms with Crippen molar-refractivity contribution in [3.63, 3.8) is 0 Å². The van der Waals surface area contributed by atoms with Crippen LogP contribution in [0.3, 0.4) is 0 Å². The normalized spacial score (nSPS) is 12.8. The molecule has 2 rings (SSSR count). The molecule has 0 aliphatic rings. The van der Waals surface area contributed by atoms with E-state index in [1.807, 2.05) is 13.8 Å². The van der Waals surface area contributed by atoms with Crippen molar-refractivity contribution in [2.45, 2.75) is 39.3 Å². The van der Waals surface area contributed by atoms with Gasteiger partial charge in [0.15, 0.2) is 6.10 Å². The van der Waals surface area contributed by atoms with Gasteiger partial charge in [0.1, 0.15) is 10.8 Å². The molecule has 0 saturated heterocycles. The van der Waals surface area contributed by atoms with Crippen molar-refractivity contribution in [2.75, 3.05) is 5.32 Å². The molecule has 2 aromatic rings. The van der Waals surface area contributed by atoms with E-state index in [0.717, 1.165) is 6.42 Å². The fraction of sp³-hybridized carbons (Fsp3) is 0.300. The fourth-order valence-corrected chi connectivity index (χ4v) is 2.58. The van der Waals surface area contributed by atoms with E-state index < -0.39 is 12.0 Å². The van der Waals surface area contributed by atoms with E-state index in [1.54, 1.807) is 49.4 Å². The zero-order chi connectivity index (χ0) is 20.0. The summed E-state index contributed by atoms with van der Waals surface area (Å²) in [5, 5.41) is 6.21. The Morgan fingerprint density at radius 2 is 1.78 bits per heavy atom. The highest BCUT2D eigenvalue weighted by Gasteiger charge is 2.20. The summed E-state index contributed by atoms with van der Waals surface area (Å²) in [7, 11) is 0. The fourth-order valence-electron chi connectivity index (χ4n) is 2.25. The number of hydrogen-bond acceptors (Lipinski definition) is 3. The summed E-state index contributed by atoms with van der Waals surface area (Å²) in [4.78, 5) is 25.0. The smallest absolute Gasteiger partial charge is 0.265 e. The summed E-state index contributed by atoms with van der Waals surface area (Å²) in [5.74, 6) is -0.337. The monoisotopic (exact) mass is 408 g/mol. The molecule has 0 aliphatic heterocycles. The Hall–Kier alpha value is -2.24. The lowest BCUT2D eigenvalue weighted by Gasteiger charge is -2.18. The number of benzene rings is 2. The van der Waals surface area contributed by atoms with Crippen LogP contribution in [0, 0.1) is 0 Å². The highest BCUT2D eigenvalue weighted by Crippen LogP contribution is 2.32. The molecule has 0 spiro atoms. The maximum absolute atomic E-state index is 12.5. The molecule has 5 nitrogen and oxygen atoms in total. The number of rotatable bonds is 7. The standard InChI is InChI=1S/C20H22Cl2N2O3/c1-4-12(2)23-20(26)14-8-5-6-10-16(14)24-19(25)13(3)27-17-11-7-9-15(21)18(17)22/h5-13H,4H2,1-3H3,(H,23,26)(H,24,25). The Labute approximate surface area is 169 Å². The molecule has 7 heteroatoms. The van der Waals surface area contributed by atoms with Crippen LogP contribution >= 0.6 is 23.2 Å². The molecule has 0 bridgehead atoms. The summed E-state index contributed by atoms with van der Waals surface area (Å²) in [6.45, 7) is 5.50. The average Bonchev–Trinajstić information content (AvgIpc) is 2.65. The largest absolute Gasteiger partial charge is 0.479 e. The quantitative estimate of drug-likeness (QED) is 0.682. The maximum atomic E-state index is 12.5. The Balaban J connectivity index is 2.11. The van der Waals surface area contributed by atoms with Crippen LogP contribution in [0.4, 0.5) is 5.69 Å². The predicted octanol–water partition coefficient (Wildman–Crippen LogP) is 4.93. The van der Waals surface area contributed by atoms with Gasteiger partial charge in [-0.05, 0) is 44.5 Å². The third kappa shape index (κ3) is 5.62. The molecule has 0 saturated carbocycles. The number of para-hydroxylation sites is 1. The molecule has 0 aromatic heterocycles. The first kappa shape index (κ1) is 21.1. The number of carbonyl (C=O) groups is 2. The van der Waals surface area contributed by atoms with Gasteiger partial charge in [0.25, 0.3) is 11.8 Å². The number of nitrogens with one attached hydrogen (secondary N) is 2. The highest BCUT2D eigenvalue weighted by molar-refractivity contribution is 6.42. The Morgan fingerprint density at radius 3 is 2.48 bits per heavy atom. The lowest BCUT2D eigenvalue weighted by molar-refractivity contribution is -0.122. The molecule has 144 valence electrons. The van der Waals surface area contributed by atoms with Crippen LogP contribution in [0.1, 0.15) is 37.6 Å². The summed E-state index contributed by atoms with van der Waals surface area (Å²) >= 11 is 12.0. The second kappa shape index (κ2) is 9.62. The van der Waals surface area contributed by atoms with Crippen LogP contribution in [0.25, 0.3) is 0 Å². The van der Waals surface area contributed by atoms with Crippen LogP contribution in [-0.2, 0) is 4.79 Å². The molecule has 2 amide bonds. The number of carbonyl (C=O) groups excluding carboxylic acids is 2. The van der Waals surface area contributed by atoms with Gasteiger partial charge in [-0.3, -0.25) is 9.59 Å². The average molecular weight is 409 g/mol. The summed E-state index contributed by atoms with van der Waals surface area (Å²) in [5.41, 5.74) is 0.801. The lowest BCUT2D eigenvalue weighted by atomic mass is 10.1. The zero-order valence-corrected chi connectivity index (χ0v) is 16.9. The van der Waals surface area contributed by atoms with E-state index in [1.165, 1.54) is 0 Å². The van der Waals surface area contributed by atoms with Gasteiger partial charge in [-0.1, -0.05) is 48.3 Å². The van der Waals surface area contributed by atoms with Crippen LogP contribution < -0.4 is 15.4 Å². The van der Waals surface area contributed by atoms with Gasteiger partial charge in [0.2, 0.25) is 0 Å². The van der Waals surface area contributed by atoms with E-state index in [9.17, 15) is 9.59 Å². The van der Waals surface area contributed by atoms with Crippen molar-refractivity contribution in [3.05, 3.63) is 58.1 Å². The van der Waals surface area contributed by atoms with E-state index in [4.69, 9.17) is 27.9 Å². The minimum absolute atomic E-state index is 0.0356. The molecule has 27 heavy (non-hydrogen) atoms. The first-order chi connectivity index (χ1) is 12.8. The third-order valence-electron chi connectivity index (χ3n) is 4.01. The first-order valence-electron chi connectivity index (χ1n) is 8.64. The number of anilines is 1. The van der Waals surface area contributed by atoms with Gasteiger partial charge in [-0.15, -0.1) is 0 Å². The van der Waals surface area contributed by atoms with Gasteiger partial charge in [0.05, 0.1) is 16.3 Å². The van der Waals surface area contributed by atoms with Crippen LogP contribution in [0.15, 0.2) is 42.5 Å². The summed E-state index contributed by atoms with van der Waals surface area (Å²) < 4.78 is 5.61. The van der Waals surface area contributed by atoms with E-state index in [0.29, 0.717) is 22.0 Å². The third-order valence-corrected chi connectivity index (χ3v) is 4.81. The number of amides is 2. The molecule has 0 radical (unpaired) electrons. The predicted molar refractivity (Wildman–Crippen MR) is 109 cm³/mol. The molecule has 2 atom stereocenters. The summed E-state index contributed by atoms with van der Waals surface area (Å²) in [6.07, 6.45) is -0.0300. The van der Waals surface area contributed by atoms with Crippen molar-refractivity contribution < 1.29 is 14.3 Å². The van der Waals surface area contributed by atoms with Crippen molar-refractivity contribution in [1.29, 1.82) is 0 Å². The molecular weight excluding hydrogens is 387 g/mol. The Bertz CT molecular complexity index is 827. The van der Waals surface area contributed by atoms with Crippen molar-refractivity contribution in [2.24, 2.45) is 0 Å². The van der Waals surface area contributed by atoms with Crippen LogP contribution in [-0.4, -0.2) is 24.0 Å². The van der Waals surface area contributed by atoms with E-state index in [-0.39, 0.29) is 17.0 Å². The molecule has 2 aromatic carbocycles. The zero-order valence-electron chi connectivity index (χ0n) is 15.4. The summed E-state index contributed by atoms with van der Waals surface area (Å²) in [6, 6.07) is 11.8. The minimum atomic E-state index is -0.841. The topological polar surface area (TPSA) is 67.4 Å². The van der Waals surface area contributed by atoms with E-state index in [2.05, 4.69) is 10.6 Å². The Kier molecular flexibility index (Phi) is 7.51. The number of ether oxygens (including phenoxy) is 1. The van der Waals surface area contributed by atoms with Gasteiger partial charge in [-0.25, -0.2) is 0 Å². The molecule has 0 heterocycles. The molecular formula is C20H22Cl2N2O3. The second-order valence-electron chi connectivity index (χ2n) is 6.13. The van der Waals surface area contributed by atoms with Gasteiger partial charge >= 0.3 is 0 Å². The van der Waals surface area contributed by atoms with Gasteiger partial charge < -0.3 is 15.4 Å². The number of halogens is 2. The van der Waals surface area contributed by atoms with Gasteiger partial charge in [0, 0.05) is 6.04 Å². The molecule has 0 aliphatic carbocycles. The SMILES string of the molecule is CCC(C)NC(=O)c1ccccc1NC(=O)C(C)Oc1cccc(Cl)c1Cl. The highest BCUT2D eigenvalue weighted by atomic mass is 35.5. The van der Waals surface area contributed by atoms with Gasteiger partial charge in [-0.2, -0.15) is 0 Å². The van der Waals surface area contributed by atoms with Crippen molar-refractivity contribution >= 4 is 40.7 Å². The number of hydrogen-bond donors (Lipinski definition) is 2. The molecule has 2 N–H and O–H groups in total. The van der Waals surface area contributed by atoms with Crippen molar-refractivity contribution in [1.82, 2.24) is 5.32 Å². The van der Waals surface area contributed by atoms with Crippen LogP contribution in [0.5, 0.6) is 5.75 Å². The van der Waals surface area contributed by atoms with Crippen LogP contribution in [0.2, 0.25) is 10.0 Å².